The van der Waals surface area contributed by atoms with Crippen LogP contribution in [0.2, 0.25) is 0 Å². The molecule has 0 saturated carbocycles. The van der Waals surface area contributed by atoms with Gasteiger partial charge in [-0.2, -0.15) is 0 Å². The van der Waals surface area contributed by atoms with Crippen LogP contribution in [0.25, 0.3) is 0 Å². The summed E-state index contributed by atoms with van der Waals surface area (Å²) in [6.45, 7) is 2.79. The van der Waals surface area contributed by atoms with Crippen LogP contribution >= 0.6 is 0 Å². The smallest absolute Gasteiger partial charge is 0.241 e. The van der Waals surface area contributed by atoms with Crippen molar-refractivity contribution < 1.29 is 13.2 Å². The van der Waals surface area contributed by atoms with Crippen molar-refractivity contribution >= 4 is 15.7 Å². The highest BCUT2D eigenvalue weighted by atomic mass is 32.2. The van der Waals surface area contributed by atoms with E-state index in [1.807, 2.05) is 0 Å². The van der Waals surface area contributed by atoms with Gasteiger partial charge in [0.1, 0.15) is 4.75 Å². The number of hydrogen-bond donors (Lipinski definition) is 1. The highest BCUT2D eigenvalue weighted by Crippen LogP contribution is 2.25. The number of nitrogens with one attached hydrogen (secondary N) is 1. The van der Waals surface area contributed by atoms with Gasteiger partial charge in [0.05, 0.1) is 4.90 Å². The van der Waals surface area contributed by atoms with E-state index in [0.29, 0.717) is 0 Å². The van der Waals surface area contributed by atoms with E-state index in [9.17, 15) is 13.2 Å². The van der Waals surface area contributed by atoms with E-state index in [1.165, 1.54) is 33.0 Å². The summed E-state index contributed by atoms with van der Waals surface area (Å²) in [5.41, 5.74) is 0. The molecule has 5 heteroatoms. The topological polar surface area (TPSA) is 63.2 Å². The molecule has 0 radical (unpaired) electrons. The van der Waals surface area contributed by atoms with Crippen LogP contribution in [-0.2, 0) is 14.6 Å². The molecule has 0 fully saturated rings. The largest absolute Gasteiger partial charge is 0.358 e. The van der Waals surface area contributed by atoms with E-state index >= 15 is 0 Å². The lowest BCUT2D eigenvalue weighted by molar-refractivity contribution is -0.122. The lowest BCUT2D eigenvalue weighted by Gasteiger charge is -2.22. The highest BCUT2D eigenvalue weighted by Gasteiger charge is 2.42. The Labute approximate surface area is 95.6 Å². The first-order valence-corrected chi connectivity index (χ1v) is 6.34. The predicted molar refractivity (Wildman–Crippen MR) is 61.8 cm³/mol. The van der Waals surface area contributed by atoms with Crippen LogP contribution in [0.15, 0.2) is 35.2 Å². The standard InChI is InChI=1S/C11H15NO3S/c1-11(2,10(13)12-3)16(14,15)9-7-5-4-6-8-9/h4-8H,1-3H3,(H,12,13). The zero-order chi connectivity index (χ0) is 12.4. The van der Waals surface area contributed by atoms with Crippen molar-refractivity contribution in [1.29, 1.82) is 0 Å². The number of rotatable bonds is 3. The molecule has 0 aromatic heterocycles. The summed E-state index contributed by atoms with van der Waals surface area (Å²) in [7, 11) is -2.24. The van der Waals surface area contributed by atoms with Gasteiger partial charge in [0.2, 0.25) is 5.91 Å². The minimum Gasteiger partial charge on any atom is -0.358 e. The molecule has 0 atom stereocenters. The Kier molecular flexibility index (Phi) is 3.38. The first-order chi connectivity index (χ1) is 7.34. The van der Waals surface area contributed by atoms with Gasteiger partial charge in [0.25, 0.3) is 0 Å². The first kappa shape index (κ1) is 12.7. The molecule has 88 valence electrons. The molecule has 1 aromatic rings. The SMILES string of the molecule is CNC(=O)C(C)(C)S(=O)(=O)c1ccccc1. The number of carbonyl (C=O) groups excluding carboxylic acids is 1. The number of hydrogen-bond acceptors (Lipinski definition) is 3. The van der Waals surface area contributed by atoms with E-state index in [1.54, 1.807) is 18.2 Å². The highest BCUT2D eigenvalue weighted by molar-refractivity contribution is 7.93. The molecule has 1 aromatic carbocycles. The number of carbonyl (C=O) groups is 1. The van der Waals surface area contributed by atoms with Crippen LogP contribution in [0, 0.1) is 0 Å². The second kappa shape index (κ2) is 4.25. The number of benzene rings is 1. The molecule has 0 bridgehead atoms. The van der Waals surface area contributed by atoms with Crippen LogP contribution in [0.1, 0.15) is 13.8 Å². The Morgan fingerprint density at radius 2 is 1.69 bits per heavy atom. The molecule has 0 aliphatic heterocycles. The first-order valence-electron chi connectivity index (χ1n) is 4.86. The molecule has 0 aliphatic carbocycles. The predicted octanol–water partition coefficient (Wildman–Crippen LogP) is 0.985. The second-order valence-corrected chi connectivity index (χ2v) is 6.40. The Morgan fingerprint density at radius 3 is 2.12 bits per heavy atom. The Hall–Kier alpha value is -1.36. The summed E-state index contributed by atoms with van der Waals surface area (Å²) in [6.07, 6.45) is 0. The van der Waals surface area contributed by atoms with Crippen molar-refractivity contribution in [3.8, 4) is 0 Å². The minimum absolute atomic E-state index is 0.156. The van der Waals surface area contributed by atoms with E-state index in [-0.39, 0.29) is 4.90 Å². The van der Waals surface area contributed by atoms with Crippen molar-refractivity contribution in [2.75, 3.05) is 7.05 Å². The van der Waals surface area contributed by atoms with Gasteiger partial charge >= 0.3 is 0 Å². The van der Waals surface area contributed by atoms with Crippen molar-refractivity contribution in [3.05, 3.63) is 30.3 Å². The Bertz CT molecular complexity index is 477. The molecule has 1 rings (SSSR count). The van der Waals surface area contributed by atoms with Crippen LogP contribution in [0.4, 0.5) is 0 Å². The summed E-state index contributed by atoms with van der Waals surface area (Å²) in [5, 5.41) is 2.36. The number of sulfone groups is 1. The van der Waals surface area contributed by atoms with Crippen molar-refractivity contribution in [2.24, 2.45) is 0 Å². The fraction of sp³-hybridized carbons (Fsp3) is 0.364. The molecule has 0 saturated heterocycles. The summed E-state index contributed by atoms with van der Waals surface area (Å²) >= 11 is 0. The average molecular weight is 241 g/mol. The van der Waals surface area contributed by atoms with E-state index in [2.05, 4.69) is 5.32 Å². The fourth-order valence-electron chi connectivity index (χ4n) is 1.32. The fourth-order valence-corrected chi connectivity index (χ4v) is 2.77. The van der Waals surface area contributed by atoms with E-state index in [0.717, 1.165) is 0 Å². The monoisotopic (exact) mass is 241 g/mol. The second-order valence-electron chi connectivity index (χ2n) is 3.91. The lowest BCUT2D eigenvalue weighted by Crippen LogP contribution is -2.46. The van der Waals surface area contributed by atoms with Crippen LogP contribution in [0.5, 0.6) is 0 Å². The van der Waals surface area contributed by atoms with Gasteiger partial charge in [-0.05, 0) is 26.0 Å². The zero-order valence-electron chi connectivity index (χ0n) is 9.52. The zero-order valence-corrected chi connectivity index (χ0v) is 10.3. The molecule has 1 amide bonds. The quantitative estimate of drug-likeness (QED) is 0.858. The third kappa shape index (κ3) is 1.95. The molecular weight excluding hydrogens is 226 g/mol. The van der Waals surface area contributed by atoms with Gasteiger partial charge in [0, 0.05) is 7.05 Å². The maximum absolute atomic E-state index is 12.2. The summed E-state index contributed by atoms with van der Waals surface area (Å²) in [6, 6.07) is 7.96. The Morgan fingerprint density at radius 1 is 1.19 bits per heavy atom. The third-order valence-corrected chi connectivity index (χ3v) is 4.92. The van der Waals surface area contributed by atoms with Gasteiger partial charge in [-0.3, -0.25) is 4.79 Å². The van der Waals surface area contributed by atoms with Crippen LogP contribution in [-0.4, -0.2) is 26.1 Å². The summed E-state index contributed by atoms with van der Waals surface area (Å²) in [5.74, 6) is -0.517. The van der Waals surface area contributed by atoms with Crippen molar-refractivity contribution in [3.63, 3.8) is 0 Å². The van der Waals surface area contributed by atoms with Gasteiger partial charge in [-0.15, -0.1) is 0 Å². The normalized spacial score (nSPS) is 12.2. The van der Waals surface area contributed by atoms with Crippen LogP contribution in [0.3, 0.4) is 0 Å². The maximum atomic E-state index is 12.2. The molecule has 0 spiro atoms. The van der Waals surface area contributed by atoms with Gasteiger partial charge < -0.3 is 5.32 Å². The van der Waals surface area contributed by atoms with Crippen molar-refractivity contribution in [1.82, 2.24) is 5.32 Å². The van der Waals surface area contributed by atoms with Gasteiger partial charge in [-0.25, -0.2) is 8.42 Å². The Balaban J connectivity index is 3.28. The molecule has 1 N–H and O–H groups in total. The lowest BCUT2D eigenvalue weighted by atomic mass is 10.2. The average Bonchev–Trinajstić information content (AvgIpc) is 2.28. The molecule has 0 unspecified atom stereocenters. The van der Waals surface area contributed by atoms with E-state index < -0.39 is 20.5 Å². The molecular formula is C11H15NO3S. The number of amides is 1. The maximum Gasteiger partial charge on any atom is 0.241 e. The molecule has 4 nitrogen and oxygen atoms in total. The molecule has 16 heavy (non-hydrogen) atoms. The summed E-state index contributed by atoms with van der Waals surface area (Å²) < 4.78 is 22.9. The van der Waals surface area contributed by atoms with Gasteiger partial charge in [-0.1, -0.05) is 18.2 Å². The van der Waals surface area contributed by atoms with E-state index in [4.69, 9.17) is 0 Å². The molecule has 0 heterocycles. The third-order valence-electron chi connectivity index (χ3n) is 2.50. The van der Waals surface area contributed by atoms with Crippen molar-refractivity contribution in [2.45, 2.75) is 23.5 Å². The summed E-state index contributed by atoms with van der Waals surface area (Å²) in [4.78, 5) is 11.7. The minimum atomic E-state index is -3.66. The molecule has 0 aliphatic rings. The van der Waals surface area contributed by atoms with Crippen LogP contribution < -0.4 is 5.32 Å². The van der Waals surface area contributed by atoms with Gasteiger partial charge in [0.15, 0.2) is 9.84 Å².